The van der Waals surface area contributed by atoms with Crippen LogP contribution in [0.1, 0.15) is 30.7 Å². The lowest BCUT2D eigenvalue weighted by Crippen LogP contribution is -2.42. The lowest BCUT2D eigenvalue weighted by atomic mass is 10.1. The first-order valence-electron chi connectivity index (χ1n) is 8.40. The van der Waals surface area contributed by atoms with Crippen molar-refractivity contribution in [1.82, 2.24) is 20.2 Å². The molecule has 2 amide bonds. The Morgan fingerprint density at radius 2 is 2.08 bits per heavy atom. The highest BCUT2D eigenvalue weighted by molar-refractivity contribution is 5.74. The zero-order chi connectivity index (χ0) is 17.8. The van der Waals surface area contributed by atoms with E-state index in [0.717, 1.165) is 23.2 Å². The number of carbonyl (C=O) groups is 1. The van der Waals surface area contributed by atoms with Crippen LogP contribution in [0.4, 0.5) is 15.1 Å². The van der Waals surface area contributed by atoms with E-state index in [1.807, 2.05) is 20.0 Å². The molecule has 0 radical (unpaired) electrons. The summed E-state index contributed by atoms with van der Waals surface area (Å²) in [6.07, 6.45) is 2.57. The summed E-state index contributed by atoms with van der Waals surface area (Å²) in [6.45, 7) is 5.50. The number of hydrogen-bond donors (Lipinski definition) is 2. The van der Waals surface area contributed by atoms with Crippen molar-refractivity contribution in [3.05, 3.63) is 53.1 Å². The lowest BCUT2D eigenvalue weighted by molar-refractivity contribution is 0.191. The summed E-state index contributed by atoms with van der Waals surface area (Å²) in [5, 5.41) is 6.05. The molecule has 1 aliphatic rings. The number of carbonyl (C=O) groups excluding carboxylic acids is 1. The zero-order valence-electron chi connectivity index (χ0n) is 14.4. The van der Waals surface area contributed by atoms with Crippen molar-refractivity contribution in [2.45, 2.75) is 39.4 Å². The minimum atomic E-state index is -0.284. The lowest BCUT2D eigenvalue weighted by Gasteiger charge is -2.28. The molecule has 7 heteroatoms. The molecule has 0 saturated heterocycles. The van der Waals surface area contributed by atoms with Crippen LogP contribution >= 0.6 is 0 Å². The monoisotopic (exact) mass is 343 g/mol. The Bertz CT molecular complexity index is 748. The third-order valence-electron chi connectivity index (χ3n) is 4.01. The molecule has 6 nitrogen and oxygen atoms in total. The highest BCUT2D eigenvalue weighted by Crippen LogP contribution is 2.18. The highest BCUT2D eigenvalue weighted by Gasteiger charge is 2.22. The summed E-state index contributed by atoms with van der Waals surface area (Å²) in [5.74, 6) is 0.301. The number of rotatable bonds is 4. The number of amides is 2. The normalized spacial score (nSPS) is 13.5. The summed E-state index contributed by atoms with van der Waals surface area (Å²) >= 11 is 0. The maximum Gasteiger partial charge on any atom is 0.318 e. The third kappa shape index (κ3) is 4.43. The summed E-state index contributed by atoms with van der Waals surface area (Å²) in [7, 11) is 0. The van der Waals surface area contributed by atoms with E-state index in [1.165, 1.54) is 12.1 Å². The van der Waals surface area contributed by atoms with Crippen LogP contribution in [0.15, 0.2) is 30.5 Å². The Morgan fingerprint density at radius 1 is 1.32 bits per heavy atom. The van der Waals surface area contributed by atoms with E-state index in [1.54, 1.807) is 17.0 Å². The van der Waals surface area contributed by atoms with Gasteiger partial charge in [0.05, 0.1) is 12.2 Å². The first kappa shape index (κ1) is 17.1. The van der Waals surface area contributed by atoms with Gasteiger partial charge in [0.1, 0.15) is 5.82 Å². The van der Waals surface area contributed by atoms with E-state index >= 15 is 0 Å². The zero-order valence-corrected chi connectivity index (χ0v) is 14.4. The maximum absolute atomic E-state index is 12.9. The van der Waals surface area contributed by atoms with E-state index in [2.05, 4.69) is 20.6 Å². The average Bonchev–Trinajstić information content (AvgIpc) is 2.60. The van der Waals surface area contributed by atoms with Gasteiger partial charge >= 0.3 is 6.03 Å². The Kier molecular flexibility index (Phi) is 5.11. The molecular formula is C18H22FN5O. The second kappa shape index (κ2) is 7.46. The molecule has 132 valence electrons. The smallest absolute Gasteiger partial charge is 0.318 e. The molecule has 2 heterocycles. The van der Waals surface area contributed by atoms with E-state index in [-0.39, 0.29) is 17.9 Å². The standard InChI is InChI=1S/C18H22FN5O/c1-12(2)22-17-20-10-14-7-8-24(11-16(14)23-17)18(25)21-9-13-3-5-15(19)6-4-13/h3-6,10,12H,7-9,11H2,1-2H3,(H,21,25)(H,20,22,23). The molecule has 0 spiro atoms. The molecule has 1 aliphatic heterocycles. The number of halogens is 1. The van der Waals surface area contributed by atoms with E-state index in [9.17, 15) is 9.18 Å². The number of anilines is 1. The van der Waals surface area contributed by atoms with Crippen LogP contribution in [0, 0.1) is 5.82 Å². The van der Waals surface area contributed by atoms with Gasteiger partial charge in [0.15, 0.2) is 0 Å². The third-order valence-corrected chi connectivity index (χ3v) is 4.01. The van der Waals surface area contributed by atoms with Crippen LogP contribution in [-0.4, -0.2) is 33.5 Å². The first-order valence-corrected chi connectivity index (χ1v) is 8.40. The van der Waals surface area contributed by atoms with Crippen LogP contribution in [0.5, 0.6) is 0 Å². The number of aromatic nitrogens is 2. The van der Waals surface area contributed by atoms with Crippen LogP contribution in [-0.2, 0) is 19.5 Å². The second-order valence-electron chi connectivity index (χ2n) is 6.42. The van der Waals surface area contributed by atoms with Gasteiger partial charge in [-0.05, 0) is 43.5 Å². The molecule has 2 N–H and O–H groups in total. The first-order chi connectivity index (χ1) is 12.0. The molecular weight excluding hydrogens is 321 g/mol. The van der Waals surface area contributed by atoms with Crippen LogP contribution in [0.3, 0.4) is 0 Å². The summed E-state index contributed by atoms with van der Waals surface area (Å²) < 4.78 is 12.9. The summed E-state index contributed by atoms with van der Waals surface area (Å²) in [5.41, 5.74) is 2.82. The molecule has 0 bridgehead atoms. The molecule has 3 rings (SSSR count). The molecule has 2 aromatic rings. The Labute approximate surface area is 146 Å². The molecule has 0 unspecified atom stereocenters. The molecule has 25 heavy (non-hydrogen) atoms. The van der Waals surface area contributed by atoms with Crippen molar-refractivity contribution >= 4 is 12.0 Å². The van der Waals surface area contributed by atoms with Crippen LogP contribution in [0.25, 0.3) is 0 Å². The molecule has 1 aromatic carbocycles. The number of hydrogen-bond acceptors (Lipinski definition) is 4. The van der Waals surface area contributed by atoms with Crippen molar-refractivity contribution < 1.29 is 9.18 Å². The van der Waals surface area contributed by atoms with Gasteiger partial charge in [-0.1, -0.05) is 12.1 Å². The van der Waals surface area contributed by atoms with Crippen LogP contribution < -0.4 is 10.6 Å². The summed E-state index contributed by atoms with van der Waals surface area (Å²) in [4.78, 5) is 23.0. The topological polar surface area (TPSA) is 70.2 Å². The van der Waals surface area contributed by atoms with E-state index in [0.29, 0.717) is 25.6 Å². The molecule has 0 aliphatic carbocycles. The number of benzene rings is 1. The van der Waals surface area contributed by atoms with Gasteiger partial charge in [-0.2, -0.15) is 0 Å². The van der Waals surface area contributed by atoms with Gasteiger partial charge in [0, 0.05) is 25.3 Å². The minimum absolute atomic E-state index is 0.146. The highest BCUT2D eigenvalue weighted by atomic mass is 19.1. The predicted octanol–water partition coefficient (Wildman–Crippen LogP) is 2.70. The van der Waals surface area contributed by atoms with Gasteiger partial charge < -0.3 is 15.5 Å². The largest absolute Gasteiger partial charge is 0.352 e. The number of fused-ring (bicyclic) bond motifs is 1. The van der Waals surface area contributed by atoms with Crippen molar-refractivity contribution in [1.29, 1.82) is 0 Å². The second-order valence-corrected chi connectivity index (χ2v) is 6.42. The van der Waals surface area contributed by atoms with Gasteiger partial charge in [0.2, 0.25) is 5.95 Å². The fourth-order valence-electron chi connectivity index (χ4n) is 2.70. The molecule has 1 aromatic heterocycles. The van der Waals surface area contributed by atoms with E-state index < -0.39 is 0 Å². The Balaban J connectivity index is 1.61. The Morgan fingerprint density at radius 3 is 2.80 bits per heavy atom. The maximum atomic E-state index is 12.9. The van der Waals surface area contributed by atoms with Gasteiger partial charge in [-0.25, -0.2) is 19.2 Å². The Hall–Kier alpha value is -2.70. The average molecular weight is 343 g/mol. The van der Waals surface area contributed by atoms with Crippen molar-refractivity contribution in [3.63, 3.8) is 0 Å². The predicted molar refractivity (Wildman–Crippen MR) is 93.5 cm³/mol. The molecule has 0 atom stereocenters. The quantitative estimate of drug-likeness (QED) is 0.895. The number of urea groups is 1. The fourth-order valence-corrected chi connectivity index (χ4v) is 2.70. The van der Waals surface area contributed by atoms with Gasteiger partial charge in [-0.3, -0.25) is 0 Å². The molecule has 0 saturated carbocycles. The fraction of sp³-hybridized carbons (Fsp3) is 0.389. The van der Waals surface area contributed by atoms with Crippen LogP contribution in [0.2, 0.25) is 0 Å². The molecule has 0 fully saturated rings. The van der Waals surface area contributed by atoms with Crippen molar-refractivity contribution in [2.75, 3.05) is 11.9 Å². The van der Waals surface area contributed by atoms with Crippen molar-refractivity contribution in [3.8, 4) is 0 Å². The van der Waals surface area contributed by atoms with E-state index in [4.69, 9.17) is 0 Å². The SMILES string of the molecule is CC(C)Nc1ncc2c(n1)CN(C(=O)NCc1ccc(F)cc1)CC2. The number of nitrogens with one attached hydrogen (secondary N) is 2. The minimum Gasteiger partial charge on any atom is -0.352 e. The van der Waals surface area contributed by atoms with Crippen molar-refractivity contribution in [2.24, 2.45) is 0 Å². The van der Waals surface area contributed by atoms with Gasteiger partial charge in [0.25, 0.3) is 0 Å². The summed E-state index contributed by atoms with van der Waals surface area (Å²) in [6, 6.07) is 6.21. The van der Waals surface area contributed by atoms with Gasteiger partial charge in [-0.15, -0.1) is 0 Å². The number of nitrogens with zero attached hydrogens (tertiary/aromatic N) is 3.